The van der Waals surface area contributed by atoms with E-state index in [0.29, 0.717) is 17.0 Å². The minimum Gasteiger partial charge on any atom is -0.355 e. The van der Waals surface area contributed by atoms with Gasteiger partial charge in [0.1, 0.15) is 10.1 Å². The molecule has 1 aliphatic carbocycles. The summed E-state index contributed by atoms with van der Waals surface area (Å²) in [5, 5.41) is 4.90. The number of carbonyl (C=O) groups is 1. The van der Waals surface area contributed by atoms with Crippen LogP contribution in [0.3, 0.4) is 0 Å². The van der Waals surface area contributed by atoms with Crippen molar-refractivity contribution in [2.75, 3.05) is 18.0 Å². The van der Waals surface area contributed by atoms with E-state index in [1.807, 2.05) is 17.5 Å². The molecule has 8 heteroatoms. The van der Waals surface area contributed by atoms with Crippen molar-refractivity contribution in [3.8, 4) is 0 Å². The Bertz CT molecular complexity index is 1090. The van der Waals surface area contributed by atoms with E-state index in [2.05, 4.69) is 30.9 Å². The minimum absolute atomic E-state index is 0.196. The molecule has 138 valence electrons. The lowest BCUT2D eigenvalue weighted by molar-refractivity contribution is 0.0774. The average Bonchev–Trinajstić information content (AvgIpc) is 3.25. The fourth-order valence-corrected chi connectivity index (χ4v) is 4.85. The van der Waals surface area contributed by atoms with Crippen molar-refractivity contribution in [2.45, 2.75) is 26.2 Å². The SMILES string of the molecule is Cc1nc(N2CCC3(CC2)Cc2ncc(Cl)cc2C3=O)c2ccnn2c1Br. The average molecular weight is 447 g/mol. The van der Waals surface area contributed by atoms with E-state index < -0.39 is 0 Å². The zero-order valence-corrected chi connectivity index (χ0v) is 17.1. The maximum atomic E-state index is 13.1. The van der Waals surface area contributed by atoms with Crippen molar-refractivity contribution < 1.29 is 4.79 Å². The van der Waals surface area contributed by atoms with Gasteiger partial charge in [0.25, 0.3) is 0 Å². The number of nitrogens with zero attached hydrogens (tertiary/aromatic N) is 5. The molecule has 3 aromatic rings. The fraction of sp³-hybridized carbons (Fsp3) is 0.368. The van der Waals surface area contributed by atoms with Crippen LogP contribution in [-0.4, -0.2) is 38.5 Å². The molecule has 0 unspecified atom stereocenters. The quantitative estimate of drug-likeness (QED) is 0.568. The first-order chi connectivity index (χ1) is 13.0. The van der Waals surface area contributed by atoms with Crippen molar-refractivity contribution in [1.82, 2.24) is 19.6 Å². The minimum atomic E-state index is -0.350. The second kappa shape index (κ2) is 6.01. The molecule has 4 heterocycles. The molecule has 0 bridgehead atoms. The highest BCUT2D eigenvalue weighted by Crippen LogP contribution is 2.45. The summed E-state index contributed by atoms with van der Waals surface area (Å²) in [4.78, 5) is 24.5. The Morgan fingerprint density at radius 2 is 2.07 bits per heavy atom. The first-order valence-electron chi connectivity index (χ1n) is 8.92. The molecule has 1 fully saturated rings. The van der Waals surface area contributed by atoms with Crippen LogP contribution >= 0.6 is 27.5 Å². The van der Waals surface area contributed by atoms with Crippen molar-refractivity contribution in [3.63, 3.8) is 0 Å². The van der Waals surface area contributed by atoms with Gasteiger partial charge >= 0.3 is 0 Å². The normalized spacial score (nSPS) is 18.5. The van der Waals surface area contributed by atoms with Crippen LogP contribution in [-0.2, 0) is 6.42 Å². The molecule has 0 N–H and O–H groups in total. The predicted octanol–water partition coefficient (Wildman–Crippen LogP) is 3.87. The first-order valence-corrected chi connectivity index (χ1v) is 10.1. The topological polar surface area (TPSA) is 63.4 Å². The number of ketones is 1. The third-order valence-corrected chi connectivity index (χ3v) is 6.94. The van der Waals surface area contributed by atoms with Gasteiger partial charge in [0.15, 0.2) is 11.6 Å². The number of Topliss-reactive ketones (excluding diaryl/α,β-unsaturated/α-hetero) is 1. The van der Waals surface area contributed by atoms with Gasteiger partial charge < -0.3 is 4.90 Å². The number of rotatable bonds is 1. The van der Waals surface area contributed by atoms with E-state index in [9.17, 15) is 4.79 Å². The summed E-state index contributed by atoms with van der Waals surface area (Å²) in [6.45, 7) is 3.53. The van der Waals surface area contributed by atoms with E-state index in [1.54, 1.807) is 18.5 Å². The number of hydrogen-bond donors (Lipinski definition) is 0. The summed E-state index contributed by atoms with van der Waals surface area (Å²) in [6, 6.07) is 3.74. The molecule has 27 heavy (non-hydrogen) atoms. The summed E-state index contributed by atoms with van der Waals surface area (Å²) in [7, 11) is 0. The van der Waals surface area contributed by atoms with E-state index >= 15 is 0 Å². The third-order valence-electron chi connectivity index (χ3n) is 5.82. The molecular weight excluding hydrogens is 430 g/mol. The molecule has 5 rings (SSSR count). The number of fused-ring (bicyclic) bond motifs is 2. The lowest BCUT2D eigenvalue weighted by atomic mass is 9.75. The Morgan fingerprint density at radius 3 is 2.85 bits per heavy atom. The number of hydrogen-bond acceptors (Lipinski definition) is 5. The smallest absolute Gasteiger partial charge is 0.171 e. The predicted molar refractivity (Wildman–Crippen MR) is 107 cm³/mol. The zero-order valence-electron chi connectivity index (χ0n) is 14.7. The van der Waals surface area contributed by atoms with Crippen molar-refractivity contribution >= 4 is 44.6 Å². The number of carbonyl (C=O) groups excluding carboxylic acids is 1. The van der Waals surface area contributed by atoms with Crippen LogP contribution in [0.1, 0.15) is 34.6 Å². The molecule has 1 spiro atoms. The van der Waals surface area contributed by atoms with Crippen LogP contribution in [0.15, 0.2) is 29.1 Å². The Morgan fingerprint density at radius 1 is 1.30 bits per heavy atom. The molecule has 0 saturated carbocycles. The van der Waals surface area contributed by atoms with Gasteiger partial charge in [-0.15, -0.1) is 0 Å². The summed E-state index contributed by atoms with van der Waals surface area (Å²) < 4.78 is 2.73. The third kappa shape index (κ3) is 2.51. The maximum absolute atomic E-state index is 13.1. The first kappa shape index (κ1) is 17.1. The summed E-state index contributed by atoms with van der Waals surface area (Å²) >= 11 is 9.60. The van der Waals surface area contributed by atoms with E-state index in [1.165, 1.54) is 0 Å². The highest BCUT2D eigenvalue weighted by molar-refractivity contribution is 9.10. The summed E-state index contributed by atoms with van der Waals surface area (Å²) in [6.07, 6.45) is 5.70. The summed E-state index contributed by atoms with van der Waals surface area (Å²) in [5.41, 5.74) is 3.10. The standard InChI is InChI=1S/C19H17BrClN5O/c1-11-17(20)26-15(2-5-23-26)18(24-11)25-6-3-19(4-7-25)9-14-13(16(19)27)8-12(21)10-22-14/h2,5,8,10H,3-4,6-7,9H2,1H3. The highest BCUT2D eigenvalue weighted by Gasteiger charge is 2.48. The zero-order chi connectivity index (χ0) is 18.8. The molecule has 3 aromatic heterocycles. The van der Waals surface area contributed by atoms with Gasteiger partial charge in [-0.05, 0) is 47.8 Å². The number of aromatic nitrogens is 4. The number of piperidine rings is 1. The van der Waals surface area contributed by atoms with Crippen LogP contribution in [0.25, 0.3) is 5.52 Å². The van der Waals surface area contributed by atoms with Crippen LogP contribution in [0.5, 0.6) is 0 Å². The lowest BCUT2D eigenvalue weighted by Crippen LogP contribution is -2.43. The van der Waals surface area contributed by atoms with E-state index in [0.717, 1.165) is 53.3 Å². The van der Waals surface area contributed by atoms with Gasteiger partial charge in [0.2, 0.25) is 0 Å². The van der Waals surface area contributed by atoms with E-state index in [-0.39, 0.29) is 11.2 Å². The fourth-order valence-electron chi connectivity index (χ4n) is 4.32. The molecule has 6 nitrogen and oxygen atoms in total. The lowest BCUT2D eigenvalue weighted by Gasteiger charge is -2.38. The highest BCUT2D eigenvalue weighted by atomic mass is 79.9. The molecule has 1 saturated heterocycles. The van der Waals surface area contributed by atoms with Crippen LogP contribution in [0, 0.1) is 12.3 Å². The van der Waals surface area contributed by atoms with Crippen LogP contribution in [0.2, 0.25) is 5.02 Å². The molecule has 0 atom stereocenters. The summed E-state index contributed by atoms with van der Waals surface area (Å²) in [5.74, 6) is 1.12. The van der Waals surface area contributed by atoms with Crippen molar-refractivity contribution in [2.24, 2.45) is 5.41 Å². The van der Waals surface area contributed by atoms with Gasteiger partial charge in [-0.3, -0.25) is 9.78 Å². The molecule has 2 aliphatic rings. The van der Waals surface area contributed by atoms with E-state index in [4.69, 9.17) is 16.6 Å². The molecule has 0 radical (unpaired) electrons. The Balaban J connectivity index is 1.44. The monoisotopic (exact) mass is 445 g/mol. The largest absolute Gasteiger partial charge is 0.355 e. The molecular formula is C19H17BrClN5O. The Labute approximate surface area is 169 Å². The van der Waals surface area contributed by atoms with Gasteiger partial charge in [-0.1, -0.05) is 11.6 Å². The molecule has 0 amide bonds. The Hall–Kier alpha value is -1.99. The molecule has 1 aliphatic heterocycles. The van der Waals surface area contributed by atoms with Gasteiger partial charge in [0, 0.05) is 36.7 Å². The second-order valence-electron chi connectivity index (χ2n) is 7.36. The Kier molecular flexibility index (Phi) is 3.81. The van der Waals surface area contributed by atoms with Crippen molar-refractivity contribution in [1.29, 1.82) is 0 Å². The van der Waals surface area contributed by atoms with Gasteiger partial charge in [-0.2, -0.15) is 5.10 Å². The van der Waals surface area contributed by atoms with Crippen LogP contribution < -0.4 is 4.90 Å². The van der Waals surface area contributed by atoms with Crippen molar-refractivity contribution in [3.05, 3.63) is 51.1 Å². The number of anilines is 1. The number of pyridine rings is 1. The molecule has 0 aromatic carbocycles. The maximum Gasteiger partial charge on any atom is 0.171 e. The number of aryl methyl sites for hydroxylation is 1. The second-order valence-corrected chi connectivity index (χ2v) is 8.55. The van der Waals surface area contributed by atoms with Gasteiger partial charge in [0.05, 0.1) is 22.6 Å². The number of halogens is 2. The van der Waals surface area contributed by atoms with Crippen LogP contribution in [0.4, 0.5) is 5.82 Å². The van der Waals surface area contributed by atoms with Gasteiger partial charge in [-0.25, -0.2) is 9.50 Å².